The number of esters is 4. The van der Waals surface area contributed by atoms with E-state index < -0.39 is 35.6 Å². The highest BCUT2D eigenvalue weighted by Crippen LogP contribution is 2.29. The summed E-state index contributed by atoms with van der Waals surface area (Å²) in [6, 6.07) is 0. The molecule has 0 amide bonds. The largest absolute Gasteiger partial charge is 0.465 e. The molecule has 0 aromatic heterocycles. The third-order valence-corrected chi connectivity index (χ3v) is 6.50. The van der Waals surface area contributed by atoms with Crippen molar-refractivity contribution in [3.05, 3.63) is 24.3 Å². The van der Waals surface area contributed by atoms with Gasteiger partial charge in [-0.1, -0.05) is 51.0 Å². The van der Waals surface area contributed by atoms with Crippen molar-refractivity contribution in [1.29, 1.82) is 0 Å². The van der Waals surface area contributed by atoms with Crippen LogP contribution in [0.4, 0.5) is 0 Å². The summed E-state index contributed by atoms with van der Waals surface area (Å²) in [6.45, 7) is 5.08. The van der Waals surface area contributed by atoms with Crippen molar-refractivity contribution in [2.24, 2.45) is 23.7 Å². The molecule has 0 aliphatic heterocycles. The minimum atomic E-state index is -0.564. The number of rotatable bonds is 16. The van der Waals surface area contributed by atoms with E-state index in [-0.39, 0.29) is 38.4 Å². The lowest BCUT2D eigenvalue weighted by Gasteiger charge is -2.25. The van der Waals surface area contributed by atoms with Crippen LogP contribution < -0.4 is 0 Å². The monoisotopic (exact) mass is 522 g/mol. The van der Waals surface area contributed by atoms with Gasteiger partial charge in [0.25, 0.3) is 0 Å². The van der Waals surface area contributed by atoms with E-state index in [2.05, 4.69) is 0 Å². The second-order valence-corrected chi connectivity index (χ2v) is 9.30. The summed E-state index contributed by atoms with van der Waals surface area (Å²) in [4.78, 5) is 49.8. The van der Waals surface area contributed by atoms with Crippen molar-refractivity contribution < 1.29 is 42.9 Å². The summed E-state index contributed by atoms with van der Waals surface area (Å²) in [7, 11) is 0. The zero-order valence-electron chi connectivity index (χ0n) is 22.2. The van der Waals surface area contributed by atoms with Crippen LogP contribution in [0.5, 0.6) is 0 Å². The summed E-state index contributed by atoms with van der Waals surface area (Å²) in [5.74, 6) is -3.80. The normalized spacial score (nSPS) is 22.8. The molecule has 37 heavy (non-hydrogen) atoms. The number of hydrogen-bond acceptors (Lipinski definition) is 9. The van der Waals surface area contributed by atoms with Crippen molar-refractivity contribution in [3.63, 3.8) is 0 Å². The predicted molar refractivity (Wildman–Crippen MR) is 135 cm³/mol. The molecule has 0 saturated heterocycles. The summed E-state index contributed by atoms with van der Waals surface area (Å²) in [5, 5.41) is 0. The minimum Gasteiger partial charge on any atom is -0.465 e. The Hall–Kier alpha value is -2.68. The number of allylic oxidation sites excluding steroid dienone is 4. The molecule has 0 heterocycles. The first kappa shape index (κ1) is 30.5. The van der Waals surface area contributed by atoms with Crippen molar-refractivity contribution in [3.8, 4) is 0 Å². The van der Waals surface area contributed by atoms with Gasteiger partial charge >= 0.3 is 23.9 Å². The van der Waals surface area contributed by atoms with E-state index in [1.807, 2.05) is 38.2 Å². The first-order chi connectivity index (χ1) is 18.0. The summed E-state index contributed by atoms with van der Waals surface area (Å²) in [6.07, 6.45) is 12.8. The number of unbranched alkanes of at least 4 members (excludes halogenated alkanes) is 2. The van der Waals surface area contributed by atoms with Gasteiger partial charge in [-0.15, -0.1) is 0 Å². The SMILES string of the molecule is CCCCOC(=O)C1CC=CCC1C(=O)OCCOCCOC(=O)C1CC=CCC1C(=O)OCCCC. The van der Waals surface area contributed by atoms with Gasteiger partial charge in [0.15, 0.2) is 0 Å². The second kappa shape index (κ2) is 17.7. The Kier molecular flexibility index (Phi) is 14.6. The predicted octanol–water partition coefficient (Wildman–Crippen LogP) is 3.94. The molecule has 4 atom stereocenters. The van der Waals surface area contributed by atoms with Crippen LogP contribution in [0, 0.1) is 23.7 Å². The van der Waals surface area contributed by atoms with E-state index in [4.69, 9.17) is 23.7 Å². The Morgan fingerprint density at radius 1 is 0.514 bits per heavy atom. The first-order valence-electron chi connectivity index (χ1n) is 13.5. The molecule has 9 nitrogen and oxygen atoms in total. The molecule has 0 N–H and O–H groups in total. The highest BCUT2D eigenvalue weighted by molar-refractivity contribution is 5.83. The zero-order valence-corrected chi connectivity index (χ0v) is 22.2. The number of carbonyl (C=O) groups excluding carboxylic acids is 4. The molecule has 2 rings (SSSR count). The summed E-state index contributed by atoms with van der Waals surface area (Å²) in [5.41, 5.74) is 0. The fourth-order valence-corrected chi connectivity index (χ4v) is 4.24. The molecule has 0 fully saturated rings. The van der Waals surface area contributed by atoms with Gasteiger partial charge < -0.3 is 23.7 Å². The average Bonchev–Trinajstić information content (AvgIpc) is 2.92. The molecule has 0 radical (unpaired) electrons. The Morgan fingerprint density at radius 2 is 0.811 bits per heavy atom. The Labute approximate surface area is 219 Å². The van der Waals surface area contributed by atoms with Crippen LogP contribution in [0.2, 0.25) is 0 Å². The Morgan fingerprint density at radius 3 is 1.11 bits per heavy atom. The quantitative estimate of drug-likeness (QED) is 0.129. The summed E-state index contributed by atoms with van der Waals surface area (Å²) >= 11 is 0. The molecule has 0 bridgehead atoms. The molecule has 4 unspecified atom stereocenters. The average molecular weight is 523 g/mol. The molecule has 2 aliphatic rings. The van der Waals surface area contributed by atoms with E-state index in [9.17, 15) is 19.2 Å². The van der Waals surface area contributed by atoms with E-state index in [0.717, 1.165) is 25.7 Å². The molecule has 0 aromatic carbocycles. The van der Waals surface area contributed by atoms with Crippen LogP contribution in [0.1, 0.15) is 65.2 Å². The number of carbonyl (C=O) groups is 4. The lowest BCUT2D eigenvalue weighted by molar-refractivity contribution is -0.163. The smallest absolute Gasteiger partial charge is 0.310 e. The molecule has 0 aromatic rings. The topological polar surface area (TPSA) is 114 Å². The fraction of sp³-hybridized carbons (Fsp3) is 0.714. The highest BCUT2D eigenvalue weighted by Gasteiger charge is 2.37. The maximum absolute atomic E-state index is 12.5. The lowest BCUT2D eigenvalue weighted by Crippen LogP contribution is -2.34. The maximum atomic E-state index is 12.5. The molecular weight excluding hydrogens is 480 g/mol. The van der Waals surface area contributed by atoms with Crippen molar-refractivity contribution in [2.45, 2.75) is 65.2 Å². The van der Waals surface area contributed by atoms with Gasteiger partial charge in [0.05, 0.1) is 50.1 Å². The first-order valence-corrected chi connectivity index (χ1v) is 13.5. The number of ether oxygens (including phenoxy) is 5. The van der Waals surface area contributed by atoms with Gasteiger partial charge in [0, 0.05) is 0 Å². The fourth-order valence-electron chi connectivity index (χ4n) is 4.24. The zero-order chi connectivity index (χ0) is 26.9. The molecule has 2 aliphatic carbocycles. The maximum Gasteiger partial charge on any atom is 0.310 e. The van der Waals surface area contributed by atoms with Gasteiger partial charge in [-0.05, 0) is 38.5 Å². The van der Waals surface area contributed by atoms with Crippen LogP contribution in [-0.4, -0.2) is 63.5 Å². The van der Waals surface area contributed by atoms with Crippen molar-refractivity contribution >= 4 is 23.9 Å². The third-order valence-electron chi connectivity index (χ3n) is 6.50. The minimum absolute atomic E-state index is 0.0314. The second-order valence-electron chi connectivity index (χ2n) is 9.30. The van der Waals surface area contributed by atoms with Gasteiger partial charge in [0.2, 0.25) is 0 Å². The highest BCUT2D eigenvalue weighted by atomic mass is 16.6. The van der Waals surface area contributed by atoms with Crippen LogP contribution in [0.3, 0.4) is 0 Å². The molecule has 0 saturated carbocycles. The van der Waals surface area contributed by atoms with E-state index in [1.165, 1.54) is 0 Å². The van der Waals surface area contributed by atoms with Gasteiger partial charge in [-0.2, -0.15) is 0 Å². The van der Waals surface area contributed by atoms with E-state index in [0.29, 0.717) is 38.9 Å². The van der Waals surface area contributed by atoms with Crippen LogP contribution in [0.15, 0.2) is 24.3 Å². The molecule has 9 heteroatoms. The lowest BCUT2D eigenvalue weighted by atomic mass is 9.83. The Bertz CT molecular complexity index is 725. The summed E-state index contributed by atoms with van der Waals surface area (Å²) < 4.78 is 26.7. The molecule has 0 spiro atoms. The molecular formula is C28H42O9. The number of hydrogen-bond donors (Lipinski definition) is 0. The van der Waals surface area contributed by atoms with Crippen LogP contribution in [0.25, 0.3) is 0 Å². The van der Waals surface area contributed by atoms with E-state index >= 15 is 0 Å². The van der Waals surface area contributed by atoms with Crippen molar-refractivity contribution in [2.75, 3.05) is 39.6 Å². The van der Waals surface area contributed by atoms with Crippen LogP contribution >= 0.6 is 0 Å². The van der Waals surface area contributed by atoms with Crippen LogP contribution in [-0.2, 0) is 42.9 Å². The third kappa shape index (κ3) is 10.7. The van der Waals surface area contributed by atoms with Crippen molar-refractivity contribution in [1.82, 2.24) is 0 Å². The standard InChI is InChI=1S/C28H42O9/c1-3-5-15-34-25(29)21-11-7-9-13-23(21)27(31)36-19-17-33-18-20-37-28(32)24-14-10-8-12-22(24)26(30)35-16-6-4-2/h7-10,21-24H,3-6,11-20H2,1-2H3. The van der Waals surface area contributed by atoms with Gasteiger partial charge in [-0.3, -0.25) is 19.2 Å². The van der Waals surface area contributed by atoms with Gasteiger partial charge in [0.1, 0.15) is 13.2 Å². The van der Waals surface area contributed by atoms with E-state index in [1.54, 1.807) is 0 Å². The van der Waals surface area contributed by atoms with Gasteiger partial charge in [-0.25, -0.2) is 0 Å². The Balaban J connectivity index is 1.64. The molecule has 208 valence electrons.